The van der Waals surface area contributed by atoms with E-state index in [1.54, 1.807) is 0 Å². The first kappa shape index (κ1) is 14.0. The van der Waals surface area contributed by atoms with Gasteiger partial charge in [0, 0.05) is 0 Å². The zero-order valence-electron chi connectivity index (χ0n) is 11.3. The molecule has 0 N–H and O–H groups in total. The van der Waals surface area contributed by atoms with Gasteiger partial charge < -0.3 is 0 Å². The van der Waals surface area contributed by atoms with E-state index in [1.807, 2.05) is 0 Å². The van der Waals surface area contributed by atoms with Crippen molar-refractivity contribution in [2.24, 2.45) is 29.6 Å². The van der Waals surface area contributed by atoms with Gasteiger partial charge in [-0.25, -0.2) is 0 Å². The first-order chi connectivity index (χ1) is 6.40. The van der Waals surface area contributed by atoms with Gasteiger partial charge in [0.25, 0.3) is 0 Å². The van der Waals surface area contributed by atoms with Crippen molar-refractivity contribution >= 4 is 0 Å². The molecule has 0 radical (unpaired) electrons. The molecule has 0 spiro atoms. The molecule has 0 aliphatic carbocycles. The second kappa shape index (κ2) is 6.48. The van der Waals surface area contributed by atoms with Crippen molar-refractivity contribution in [3.63, 3.8) is 0 Å². The van der Waals surface area contributed by atoms with Crippen molar-refractivity contribution in [3.05, 3.63) is 0 Å². The van der Waals surface area contributed by atoms with Crippen LogP contribution in [-0.4, -0.2) is 0 Å². The minimum atomic E-state index is 0.838. The lowest BCUT2D eigenvalue weighted by atomic mass is 9.72. The zero-order chi connectivity index (χ0) is 11.3. The molecule has 0 nitrogen and oxygen atoms in total. The molecule has 0 aliphatic rings. The Morgan fingerprint density at radius 3 is 1.36 bits per heavy atom. The van der Waals surface area contributed by atoms with Crippen LogP contribution in [0.2, 0.25) is 0 Å². The first-order valence-electron chi connectivity index (χ1n) is 6.40. The molecule has 0 heterocycles. The van der Waals surface area contributed by atoms with Crippen LogP contribution in [0.1, 0.15) is 61.3 Å². The molecule has 0 aromatic heterocycles. The van der Waals surface area contributed by atoms with Gasteiger partial charge in [0.1, 0.15) is 0 Å². The standard InChI is InChI=1S/C14H30/c1-8-13(11(4)5)14(12(6)7)9-10(2)3/h10-14H,8-9H2,1-7H3/t13-,14+/m1/s1. The summed E-state index contributed by atoms with van der Waals surface area (Å²) in [5, 5.41) is 0. The predicted octanol–water partition coefficient (Wildman–Crippen LogP) is 4.99. The third kappa shape index (κ3) is 4.48. The second-order valence-electron chi connectivity index (χ2n) is 5.85. The van der Waals surface area contributed by atoms with Gasteiger partial charge in [-0.05, 0) is 36.0 Å². The van der Waals surface area contributed by atoms with Crippen molar-refractivity contribution < 1.29 is 0 Å². The van der Waals surface area contributed by atoms with E-state index in [2.05, 4.69) is 48.5 Å². The highest BCUT2D eigenvalue weighted by Crippen LogP contribution is 2.34. The fourth-order valence-corrected chi connectivity index (χ4v) is 2.75. The van der Waals surface area contributed by atoms with E-state index in [4.69, 9.17) is 0 Å². The molecule has 14 heavy (non-hydrogen) atoms. The van der Waals surface area contributed by atoms with Crippen molar-refractivity contribution in [2.75, 3.05) is 0 Å². The van der Waals surface area contributed by atoms with Crippen molar-refractivity contribution in [3.8, 4) is 0 Å². The molecule has 0 aromatic carbocycles. The summed E-state index contributed by atoms with van der Waals surface area (Å²) in [4.78, 5) is 0. The van der Waals surface area contributed by atoms with Gasteiger partial charge in [-0.2, -0.15) is 0 Å². The summed E-state index contributed by atoms with van der Waals surface area (Å²) in [6.45, 7) is 16.6. The van der Waals surface area contributed by atoms with E-state index in [-0.39, 0.29) is 0 Å². The maximum Gasteiger partial charge on any atom is -0.0358 e. The monoisotopic (exact) mass is 198 g/mol. The van der Waals surface area contributed by atoms with Crippen molar-refractivity contribution in [1.29, 1.82) is 0 Å². The Hall–Kier alpha value is 0. The Bertz CT molecular complexity index is 133. The van der Waals surface area contributed by atoms with Crippen LogP contribution in [-0.2, 0) is 0 Å². The smallest absolute Gasteiger partial charge is 0.0358 e. The van der Waals surface area contributed by atoms with Gasteiger partial charge in [-0.15, -0.1) is 0 Å². The van der Waals surface area contributed by atoms with Crippen LogP contribution in [0.5, 0.6) is 0 Å². The summed E-state index contributed by atoms with van der Waals surface area (Å²) in [5.41, 5.74) is 0. The van der Waals surface area contributed by atoms with Gasteiger partial charge >= 0.3 is 0 Å². The molecule has 86 valence electrons. The number of hydrogen-bond acceptors (Lipinski definition) is 0. The lowest BCUT2D eigenvalue weighted by Gasteiger charge is -2.33. The van der Waals surface area contributed by atoms with E-state index in [1.165, 1.54) is 12.8 Å². The van der Waals surface area contributed by atoms with Crippen LogP contribution >= 0.6 is 0 Å². The van der Waals surface area contributed by atoms with Crippen LogP contribution in [0.25, 0.3) is 0 Å². The molecule has 0 heteroatoms. The highest BCUT2D eigenvalue weighted by Gasteiger charge is 2.25. The van der Waals surface area contributed by atoms with E-state index in [9.17, 15) is 0 Å². The molecule has 0 aliphatic heterocycles. The molecule has 2 atom stereocenters. The molecule has 0 saturated carbocycles. The summed E-state index contributed by atoms with van der Waals surface area (Å²) in [5.74, 6) is 4.35. The minimum Gasteiger partial charge on any atom is -0.0651 e. The normalized spacial score (nSPS) is 16.7. The molecule has 0 amide bonds. The zero-order valence-corrected chi connectivity index (χ0v) is 11.3. The maximum absolute atomic E-state index is 2.39. The Kier molecular flexibility index (Phi) is 6.48. The Labute approximate surface area is 91.5 Å². The Balaban J connectivity index is 4.44. The summed E-state index contributed by atoms with van der Waals surface area (Å²) >= 11 is 0. The van der Waals surface area contributed by atoms with E-state index in [0.29, 0.717) is 0 Å². The van der Waals surface area contributed by atoms with Gasteiger partial charge in [0.15, 0.2) is 0 Å². The summed E-state index contributed by atoms with van der Waals surface area (Å²) in [7, 11) is 0. The lowest BCUT2D eigenvalue weighted by Crippen LogP contribution is -2.25. The van der Waals surface area contributed by atoms with E-state index >= 15 is 0 Å². The average Bonchev–Trinajstić information content (AvgIpc) is 2.02. The molecule has 0 fully saturated rings. The molecule has 0 rings (SSSR count). The molecule has 0 saturated heterocycles. The van der Waals surface area contributed by atoms with Crippen LogP contribution in [0.15, 0.2) is 0 Å². The summed E-state index contributed by atoms with van der Waals surface area (Å²) in [6, 6.07) is 0. The van der Waals surface area contributed by atoms with Gasteiger partial charge in [0.05, 0.1) is 0 Å². The minimum absolute atomic E-state index is 0.838. The Morgan fingerprint density at radius 1 is 0.714 bits per heavy atom. The Morgan fingerprint density at radius 2 is 1.14 bits per heavy atom. The lowest BCUT2D eigenvalue weighted by molar-refractivity contribution is 0.162. The molecule has 0 bridgehead atoms. The van der Waals surface area contributed by atoms with Gasteiger partial charge in [0.2, 0.25) is 0 Å². The third-order valence-electron chi connectivity index (χ3n) is 3.48. The summed E-state index contributed by atoms with van der Waals surface area (Å²) < 4.78 is 0. The van der Waals surface area contributed by atoms with Gasteiger partial charge in [-0.3, -0.25) is 0 Å². The average molecular weight is 198 g/mol. The highest BCUT2D eigenvalue weighted by molar-refractivity contribution is 4.75. The molecule has 0 aromatic rings. The summed E-state index contributed by atoms with van der Waals surface area (Å²) in [6.07, 6.45) is 2.74. The maximum atomic E-state index is 2.39. The molecule has 0 unspecified atom stereocenters. The van der Waals surface area contributed by atoms with E-state index < -0.39 is 0 Å². The quantitative estimate of drug-likeness (QED) is 0.564. The van der Waals surface area contributed by atoms with Gasteiger partial charge in [-0.1, -0.05) is 54.9 Å². The highest BCUT2D eigenvalue weighted by atomic mass is 14.3. The van der Waals surface area contributed by atoms with Crippen molar-refractivity contribution in [2.45, 2.75) is 61.3 Å². The van der Waals surface area contributed by atoms with Crippen LogP contribution in [0.4, 0.5) is 0 Å². The van der Waals surface area contributed by atoms with Crippen LogP contribution < -0.4 is 0 Å². The molecular weight excluding hydrogens is 168 g/mol. The topological polar surface area (TPSA) is 0 Å². The third-order valence-corrected chi connectivity index (χ3v) is 3.48. The first-order valence-corrected chi connectivity index (χ1v) is 6.40. The van der Waals surface area contributed by atoms with Crippen LogP contribution in [0, 0.1) is 29.6 Å². The number of rotatable bonds is 6. The van der Waals surface area contributed by atoms with Crippen LogP contribution in [0.3, 0.4) is 0 Å². The predicted molar refractivity (Wildman–Crippen MR) is 66.4 cm³/mol. The molecular formula is C14H30. The fraction of sp³-hybridized carbons (Fsp3) is 1.00. The number of hydrogen-bond donors (Lipinski definition) is 0. The van der Waals surface area contributed by atoms with E-state index in [0.717, 1.165) is 29.6 Å². The second-order valence-corrected chi connectivity index (χ2v) is 5.85. The SMILES string of the molecule is CC[C@H](C(C)C)[C@@H](CC(C)C)C(C)C. The van der Waals surface area contributed by atoms with Crippen molar-refractivity contribution in [1.82, 2.24) is 0 Å². The largest absolute Gasteiger partial charge is 0.0651 e. The fourth-order valence-electron chi connectivity index (χ4n) is 2.75.